The van der Waals surface area contributed by atoms with Gasteiger partial charge in [-0.05, 0) is 56.3 Å². The molecule has 0 aliphatic carbocycles. The van der Waals surface area contributed by atoms with Crippen LogP contribution < -0.4 is 10.1 Å². The van der Waals surface area contributed by atoms with Crippen LogP contribution in [-0.4, -0.2) is 47.5 Å². The molecule has 146 valence electrons. The van der Waals surface area contributed by atoms with Crippen LogP contribution in [0.2, 0.25) is 5.02 Å². The minimum Gasteiger partial charge on any atom is -0.495 e. The molecule has 1 amide bonds. The number of para-hydroxylation sites is 2. The van der Waals surface area contributed by atoms with E-state index < -0.39 is 0 Å². The summed E-state index contributed by atoms with van der Waals surface area (Å²) in [6.07, 6.45) is 1.94. The maximum atomic E-state index is 12.4. The van der Waals surface area contributed by atoms with Crippen LogP contribution in [0.4, 0.5) is 5.69 Å². The predicted octanol–water partition coefficient (Wildman–Crippen LogP) is 4.04. The SMILES string of the molecule is COc1ccccc1NC(=O)CN1CCC(c2nc3ccc(Cl)cc3[nH]2)CC1. The Balaban J connectivity index is 1.33. The fraction of sp³-hybridized carbons (Fsp3) is 0.333. The first-order valence-electron chi connectivity index (χ1n) is 9.43. The second-order valence-corrected chi connectivity index (χ2v) is 7.52. The normalized spacial score (nSPS) is 15.6. The summed E-state index contributed by atoms with van der Waals surface area (Å²) in [6.45, 7) is 2.10. The fourth-order valence-electron chi connectivity index (χ4n) is 3.70. The van der Waals surface area contributed by atoms with Gasteiger partial charge in [0.15, 0.2) is 0 Å². The Morgan fingerprint density at radius 1 is 1.29 bits per heavy atom. The van der Waals surface area contributed by atoms with Gasteiger partial charge in [-0.15, -0.1) is 0 Å². The Morgan fingerprint density at radius 2 is 2.07 bits per heavy atom. The number of H-pyrrole nitrogens is 1. The molecule has 1 aliphatic heterocycles. The second kappa shape index (κ2) is 8.20. The molecule has 0 atom stereocenters. The van der Waals surface area contributed by atoms with Crippen molar-refractivity contribution in [3.8, 4) is 5.75 Å². The van der Waals surface area contributed by atoms with Crippen LogP contribution in [0.15, 0.2) is 42.5 Å². The number of piperidine rings is 1. The molecular formula is C21H23ClN4O2. The molecule has 2 aromatic carbocycles. The van der Waals surface area contributed by atoms with Crippen molar-refractivity contribution in [2.45, 2.75) is 18.8 Å². The molecule has 1 aromatic heterocycles. The van der Waals surface area contributed by atoms with E-state index in [4.69, 9.17) is 21.3 Å². The summed E-state index contributed by atoms with van der Waals surface area (Å²) in [6, 6.07) is 13.1. The number of anilines is 1. The number of aromatic amines is 1. The molecule has 0 bridgehead atoms. The Kier molecular flexibility index (Phi) is 5.50. The number of halogens is 1. The molecule has 0 unspecified atom stereocenters. The van der Waals surface area contributed by atoms with Gasteiger partial charge >= 0.3 is 0 Å². The summed E-state index contributed by atoms with van der Waals surface area (Å²) < 4.78 is 5.28. The van der Waals surface area contributed by atoms with E-state index in [0.717, 1.165) is 42.8 Å². The summed E-state index contributed by atoms with van der Waals surface area (Å²) >= 11 is 6.06. The lowest BCUT2D eigenvalue weighted by molar-refractivity contribution is -0.117. The van der Waals surface area contributed by atoms with Crippen LogP contribution >= 0.6 is 11.6 Å². The van der Waals surface area contributed by atoms with Crippen LogP contribution in [0.1, 0.15) is 24.6 Å². The first-order chi connectivity index (χ1) is 13.6. The van der Waals surface area contributed by atoms with Crippen molar-refractivity contribution in [2.75, 3.05) is 32.1 Å². The van der Waals surface area contributed by atoms with Crippen LogP contribution in [0.5, 0.6) is 5.75 Å². The van der Waals surface area contributed by atoms with Crippen molar-refractivity contribution in [2.24, 2.45) is 0 Å². The van der Waals surface area contributed by atoms with Crippen LogP contribution in [-0.2, 0) is 4.79 Å². The first-order valence-corrected chi connectivity index (χ1v) is 9.80. The minimum atomic E-state index is -0.0265. The van der Waals surface area contributed by atoms with Gasteiger partial charge in [0.25, 0.3) is 0 Å². The maximum absolute atomic E-state index is 12.4. The molecular weight excluding hydrogens is 376 g/mol. The maximum Gasteiger partial charge on any atom is 0.238 e. The molecule has 6 nitrogen and oxygen atoms in total. The number of nitrogens with one attached hydrogen (secondary N) is 2. The molecule has 4 rings (SSSR count). The van der Waals surface area contributed by atoms with Crippen LogP contribution in [0, 0.1) is 0 Å². The van der Waals surface area contributed by atoms with Gasteiger partial charge in [-0.3, -0.25) is 9.69 Å². The Bertz CT molecular complexity index is 979. The highest BCUT2D eigenvalue weighted by Gasteiger charge is 2.24. The minimum absolute atomic E-state index is 0.0265. The summed E-state index contributed by atoms with van der Waals surface area (Å²) in [5, 5.41) is 3.65. The van der Waals surface area contributed by atoms with E-state index in [1.165, 1.54) is 0 Å². The van der Waals surface area contributed by atoms with Crippen LogP contribution in [0.25, 0.3) is 11.0 Å². The third-order valence-corrected chi connectivity index (χ3v) is 5.42. The number of imidazole rings is 1. The zero-order valence-electron chi connectivity index (χ0n) is 15.7. The number of hydrogen-bond acceptors (Lipinski definition) is 4. The van der Waals surface area contributed by atoms with Gasteiger partial charge in [-0.2, -0.15) is 0 Å². The quantitative estimate of drug-likeness (QED) is 0.680. The molecule has 7 heteroatoms. The lowest BCUT2D eigenvalue weighted by Crippen LogP contribution is -2.38. The van der Waals surface area contributed by atoms with E-state index in [-0.39, 0.29) is 5.91 Å². The zero-order chi connectivity index (χ0) is 19.5. The number of nitrogens with zero attached hydrogens (tertiary/aromatic N) is 2. The molecule has 3 aromatic rings. The average molecular weight is 399 g/mol. The molecule has 1 fully saturated rings. The van der Waals surface area contributed by atoms with Crippen molar-refractivity contribution in [3.05, 3.63) is 53.3 Å². The molecule has 2 N–H and O–H groups in total. The number of ether oxygens (including phenoxy) is 1. The van der Waals surface area contributed by atoms with Gasteiger partial charge in [0.2, 0.25) is 5.91 Å². The number of fused-ring (bicyclic) bond motifs is 1. The van der Waals surface area contributed by atoms with Crippen molar-refractivity contribution < 1.29 is 9.53 Å². The van der Waals surface area contributed by atoms with E-state index in [2.05, 4.69) is 15.2 Å². The van der Waals surface area contributed by atoms with E-state index in [9.17, 15) is 4.79 Å². The number of methoxy groups -OCH3 is 1. The number of benzene rings is 2. The zero-order valence-corrected chi connectivity index (χ0v) is 16.5. The van der Waals surface area contributed by atoms with Gasteiger partial charge in [-0.25, -0.2) is 4.98 Å². The third-order valence-electron chi connectivity index (χ3n) is 5.18. The number of likely N-dealkylation sites (tertiary alicyclic amines) is 1. The second-order valence-electron chi connectivity index (χ2n) is 7.08. The van der Waals surface area contributed by atoms with Gasteiger partial charge in [0, 0.05) is 10.9 Å². The van der Waals surface area contributed by atoms with Gasteiger partial charge < -0.3 is 15.0 Å². The van der Waals surface area contributed by atoms with E-state index in [1.54, 1.807) is 7.11 Å². The highest BCUT2D eigenvalue weighted by Crippen LogP contribution is 2.29. The topological polar surface area (TPSA) is 70.2 Å². The van der Waals surface area contributed by atoms with E-state index in [0.29, 0.717) is 28.9 Å². The molecule has 0 spiro atoms. The van der Waals surface area contributed by atoms with Gasteiger partial charge in [0.05, 0.1) is 30.4 Å². The van der Waals surface area contributed by atoms with E-state index >= 15 is 0 Å². The highest BCUT2D eigenvalue weighted by molar-refractivity contribution is 6.31. The highest BCUT2D eigenvalue weighted by atomic mass is 35.5. The van der Waals surface area contributed by atoms with E-state index in [1.807, 2.05) is 42.5 Å². The first kappa shape index (κ1) is 18.8. The summed E-state index contributed by atoms with van der Waals surface area (Å²) in [5.41, 5.74) is 2.62. The monoisotopic (exact) mass is 398 g/mol. The van der Waals surface area contributed by atoms with Gasteiger partial charge in [0.1, 0.15) is 11.6 Å². The molecule has 1 saturated heterocycles. The lowest BCUT2D eigenvalue weighted by Gasteiger charge is -2.30. The van der Waals surface area contributed by atoms with Crippen LogP contribution in [0.3, 0.4) is 0 Å². The standard InChI is InChI=1S/C21H23ClN4O2/c1-28-19-5-3-2-4-17(19)23-20(27)13-26-10-8-14(9-11-26)21-24-16-7-6-15(22)12-18(16)25-21/h2-7,12,14H,8-11,13H2,1H3,(H,23,27)(H,24,25). The third kappa shape index (κ3) is 4.13. The summed E-state index contributed by atoms with van der Waals surface area (Å²) in [7, 11) is 1.60. The molecule has 0 radical (unpaired) electrons. The lowest BCUT2D eigenvalue weighted by atomic mass is 9.96. The fourth-order valence-corrected chi connectivity index (χ4v) is 3.87. The largest absolute Gasteiger partial charge is 0.495 e. The van der Waals surface area contributed by atoms with Crippen molar-refractivity contribution in [1.29, 1.82) is 0 Å². The predicted molar refractivity (Wildman–Crippen MR) is 111 cm³/mol. The Morgan fingerprint density at radius 3 is 2.86 bits per heavy atom. The molecule has 2 heterocycles. The number of rotatable bonds is 5. The number of hydrogen-bond donors (Lipinski definition) is 2. The molecule has 28 heavy (non-hydrogen) atoms. The van der Waals surface area contributed by atoms with Crippen molar-refractivity contribution in [1.82, 2.24) is 14.9 Å². The summed E-state index contributed by atoms with van der Waals surface area (Å²) in [4.78, 5) is 22.7. The number of amides is 1. The molecule has 0 saturated carbocycles. The van der Waals surface area contributed by atoms with Gasteiger partial charge in [-0.1, -0.05) is 23.7 Å². The van der Waals surface area contributed by atoms with Crippen molar-refractivity contribution >= 4 is 34.2 Å². The smallest absolute Gasteiger partial charge is 0.238 e. The number of aromatic nitrogens is 2. The number of carbonyl (C=O) groups excluding carboxylic acids is 1. The number of carbonyl (C=O) groups is 1. The Hall–Kier alpha value is -2.57. The summed E-state index contributed by atoms with van der Waals surface area (Å²) in [5.74, 6) is 2.02. The molecule has 1 aliphatic rings. The Labute approximate surface area is 168 Å². The average Bonchev–Trinajstić information content (AvgIpc) is 3.12. The van der Waals surface area contributed by atoms with Crippen molar-refractivity contribution in [3.63, 3.8) is 0 Å².